The fourth-order valence-corrected chi connectivity index (χ4v) is 3.94. The van der Waals surface area contributed by atoms with Gasteiger partial charge in [0.2, 0.25) is 0 Å². The first-order valence-electron chi connectivity index (χ1n) is 8.58. The Kier molecular flexibility index (Phi) is 6.81. The number of carbonyl (C=O) groups excluding carboxylic acids is 1. The molecule has 0 aromatic rings. The van der Waals surface area contributed by atoms with E-state index in [2.05, 4.69) is 38.9 Å². The zero-order valence-electron chi connectivity index (χ0n) is 16.5. The van der Waals surface area contributed by atoms with Crippen molar-refractivity contribution in [3.8, 4) is 0 Å². The fraction of sp³-hybridized carbons (Fsp3) is 0.778. The van der Waals surface area contributed by atoms with Crippen molar-refractivity contribution in [2.45, 2.75) is 91.0 Å². The van der Waals surface area contributed by atoms with E-state index in [-0.39, 0.29) is 29.3 Å². The quantitative estimate of drug-likeness (QED) is 0.409. The highest BCUT2D eigenvalue weighted by Gasteiger charge is 2.45. The molecule has 1 aliphatic heterocycles. The number of aliphatic imine (C=N–C) groups is 1. The standard InChI is InChI=1S/C18H33NO4Si/c1-10-11-15(22-14(4)20)16-17(21-13(3)19-16)12(2)23-24(8,9)18(5,6)7/h10-12,15-17H,1-9H3/b11-10+/t12-,15-,16-,17-/m0/s1. The molecule has 0 saturated carbocycles. The summed E-state index contributed by atoms with van der Waals surface area (Å²) in [6.45, 7) is 18.2. The van der Waals surface area contributed by atoms with Crippen LogP contribution in [-0.2, 0) is 18.7 Å². The molecule has 0 amide bonds. The number of ether oxygens (including phenoxy) is 2. The summed E-state index contributed by atoms with van der Waals surface area (Å²) >= 11 is 0. The molecule has 0 bridgehead atoms. The monoisotopic (exact) mass is 355 g/mol. The molecule has 1 rings (SSSR count). The molecule has 24 heavy (non-hydrogen) atoms. The lowest BCUT2D eigenvalue weighted by Crippen LogP contribution is -2.50. The lowest BCUT2D eigenvalue weighted by atomic mass is 10.0. The Labute approximate surface area is 147 Å². The summed E-state index contributed by atoms with van der Waals surface area (Å²) in [6, 6.07) is -0.287. The lowest BCUT2D eigenvalue weighted by Gasteiger charge is -2.40. The summed E-state index contributed by atoms with van der Waals surface area (Å²) in [7, 11) is -1.93. The maximum absolute atomic E-state index is 11.4. The first-order chi connectivity index (χ1) is 10.9. The molecule has 0 spiro atoms. The highest BCUT2D eigenvalue weighted by molar-refractivity contribution is 6.74. The summed E-state index contributed by atoms with van der Waals surface area (Å²) in [5.41, 5.74) is 0. The second kappa shape index (κ2) is 7.83. The molecule has 0 aliphatic carbocycles. The Morgan fingerprint density at radius 2 is 1.96 bits per heavy atom. The molecule has 0 N–H and O–H groups in total. The van der Waals surface area contributed by atoms with Crippen LogP contribution in [0.2, 0.25) is 18.1 Å². The van der Waals surface area contributed by atoms with Gasteiger partial charge in [0, 0.05) is 13.8 Å². The van der Waals surface area contributed by atoms with Crippen molar-refractivity contribution in [1.29, 1.82) is 0 Å². The topological polar surface area (TPSA) is 57.1 Å². The van der Waals surface area contributed by atoms with E-state index >= 15 is 0 Å². The van der Waals surface area contributed by atoms with Crippen LogP contribution in [0, 0.1) is 0 Å². The summed E-state index contributed by atoms with van der Waals surface area (Å²) < 4.78 is 17.8. The Morgan fingerprint density at radius 3 is 2.42 bits per heavy atom. The number of rotatable bonds is 6. The average Bonchev–Trinajstić information content (AvgIpc) is 2.78. The SMILES string of the molecule is C/C=C/[C@H](OC(C)=O)[C@@H]1N=C(C)O[C@H]1[C@H](C)O[Si](C)(C)C(C)(C)C. The number of nitrogens with zero attached hydrogens (tertiary/aromatic N) is 1. The third-order valence-electron chi connectivity index (χ3n) is 4.74. The van der Waals surface area contributed by atoms with E-state index in [1.807, 2.05) is 32.9 Å². The zero-order valence-corrected chi connectivity index (χ0v) is 17.5. The van der Waals surface area contributed by atoms with Crippen LogP contribution in [0.15, 0.2) is 17.1 Å². The number of hydrogen-bond acceptors (Lipinski definition) is 5. The Morgan fingerprint density at radius 1 is 1.38 bits per heavy atom. The van der Waals surface area contributed by atoms with Crippen LogP contribution in [0.5, 0.6) is 0 Å². The number of allylic oxidation sites excluding steroid dienone is 1. The van der Waals surface area contributed by atoms with Gasteiger partial charge in [0.15, 0.2) is 20.3 Å². The molecule has 1 heterocycles. The Hall–Kier alpha value is -1.14. The first kappa shape index (κ1) is 20.9. The smallest absolute Gasteiger partial charge is 0.303 e. The van der Waals surface area contributed by atoms with Gasteiger partial charge < -0.3 is 13.9 Å². The van der Waals surface area contributed by atoms with Crippen LogP contribution in [-0.4, -0.2) is 44.5 Å². The molecular weight excluding hydrogens is 322 g/mol. The van der Waals surface area contributed by atoms with E-state index in [0.29, 0.717) is 5.90 Å². The summed E-state index contributed by atoms with van der Waals surface area (Å²) in [6.07, 6.45) is 2.87. The molecule has 138 valence electrons. The van der Waals surface area contributed by atoms with Gasteiger partial charge in [-0.1, -0.05) is 26.8 Å². The summed E-state index contributed by atoms with van der Waals surface area (Å²) in [5, 5.41) is 0.115. The van der Waals surface area contributed by atoms with Gasteiger partial charge in [-0.05, 0) is 38.1 Å². The van der Waals surface area contributed by atoms with Crippen molar-refractivity contribution >= 4 is 20.2 Å². The van der Waals surface area contributed by atoms with Crippen LogP contribution in [0.3, 0.4) is 0 Å². The highest BCUT2D eigenvalue weighted by atomic mass is 28.4. The Balaban J connectivity index is 2.98. The molecule has 1 aliphatic rings. The minimum absolute atomic E-state index is 0.115. The molecule has 0 unspecified atom stereocenters. The molecule has 5 nitrogen and oxygen atoms in total. The van der Waals surface area contributed by atoms with E-state index in [1.54, 1.807) is 0 Å². The number of esters is 1. The molecular formula is C18H33NO4Si. The van der Waals surface area contributed by atoms with Crippen LogP contribution < -0.4 is 0 Å². The minimum Gasteiger partial charge on any atom is -0.473 e. The minimum atomic E-state index is -1.93. The molecule has 4 atom stereocenters. The molecule has 0 radical (unpaired) electrons. The van der Waals surface area contributed by atoms with E-state index in [1.165, 1.54) is 6.92 Å². The first-order valence-corrected chi connectivity index (χ1v) is 11.5. The fourth-order valence-electron chi connectivity index (χ4n) is 2.53. The summed E-state index contributed by atoms with van der Waals surface area (Å²) in [5.74, 6) is 0.284. The van der Waals surface area contributed by atoms with E-state index in [4.69, 9.17) is 13.9 Å². The zero-order chi connectivity index (χ0) is 18.7. The molecule has 6 heteroatoms. The van der Waals surface area contributed by atoms with Gasteiger partial charge in [0.25, 0.3) is 0 Å². The van der Waals surface area contributed by atoms with Crippen molar-refractivity contribution < 1.29 is 18.7 Å². The molecule has 0 saturated heterocycles. The second-order valence-corrected chi connectivity index (χ2v) is 12.7. The highest BCUT2D eigenvalue weighted by Crippen LogP contribution is 2.38. The van der Waals surface area contributed by atoms with Crippen LogP contribution in [0.4, 0.5) is 0 Å². The van der Waals surface area contributed by atoms with E-state index in [9.17, 15) is 4.79 Å². The number of hydrogen-bond donors (Lipinski definition) is 0. The van der Waals surface area contributed by atoms with Crippen molar-refractivity contribution in [2.24, 2.45) is 4.99 Å². The third-order valence-corrected chi connectivity index (χ3v) is 9.32. The average molecular weight is 356 g/mol. The van der Waals surface area contributed by atoms with Crippen molar-refractivity contribution in [3.63, 3.8) is 0 Å². The Bertz CT molecular complexity index is 508. The predicted octanol–water partition coefficient (Wildman–Crippen LogP) is 4.09. The third kappa shape index (κ3) is 5.18. The van der Waals surface area contributed by atoms with Crippen LogP contribution >= 0.6 is 0 Å². The van der Waals surface area contributed by atoms with Gasteiger partial charge in [-0.2, -0.15) is 0 Å². The second-order valence-electron chi connectivity index (χ2n) is 7.90. The van der Waals surface area contributed by atoms with E-state index < -0.39 is 14.4 Å². The van der Waals surface area contributed by atoms with Crippen LogP contribution in [0.25, 0.3) is 0 Å². The van der Waals surface area contributed by atoms with Gasteiger partial charge in [-0.15, -0.1) is 0 Å². The number of carbonyl (C=O) groups is 1. The van der Waals surface area contributed by atoms with Crippen molar-refractivity contribution in [2.75, 3.05) is 0 Å². The maximum Gasteiger partial charge on any atom is 0.303 e. The van der Waals surface area contributed by atoms with Gasteiger partial charge in [0.05, 0.1) is 6.10 Å². The van der Waals surface area contributed by atoms with Gasteiger partial charge >= 0.3 is 5.97 Å². The molecule has 0 aromatic carbocycles. The maximum atomic E-state index is 11.4. The summed E-state index contributed by atoms with van der Waals surface area (Å²) in [4.78, 5) is 16.0. The van der Waals surface area contributed by atoms with Crippen molar-refractivity contribution in [3.05, 3.63) is 12.2 Å². The van der Waals surface area contributed by atoms with E-state index in [0.717, 1.165) is 0 Å². The predicted molar refractivity (Wildman–Crippen MR) is 99.9 cm³/mol. The van der Waals surface area contributed by atoms with Gasteiger partial charge in [0.1, 0.15) is 12.1 Å². The van der Waals surface area contributed by atoms with Crippen molar-refractivity contribution in [1.82, 2.24) is 0 Å². The normalized spacial score (nSPS) is 24.5. The molecule has 0 aromatic heterocycles. The lowest BCUT2D eigenvalue weighted by molar-refractivity contribution is -0.146. The van der Waals surface area contributed by atoms with Gasteiger partial charge in [-0.25, -0.2) is 4.99 Å². The van der Waals surface area contributed by atoms with Crippen LogP contribution in [0.1, 0.15) is 48.5 Å². The largest absolute Gasteiger partial charge is 0.473 e. The molecule has 0 fully saturated rings. The van der Waals surface area contributed by atoms with Gasteiger partial charge in [-0.3, -0.25) is 4.79 Å².